The Bertz CT molecular complexity index is 109. The van der Waals surface area contributed by atoms with Gasteiger partial charge in [-0.15, -0.1) is 0 Å². The molecule has 0 radical (unpaired) electrons. The third kappa shape index (κ3) is 1.64. The van der Waals surface area contributed by atoms with E-state index in [0.717, 1.165) is 13.1 Å². The number of halogens is 1. The Morgan fingerprint density at radius 1 is 1.44 bits per heavy atom. The van der Waals surface area contributed by atoms with Crippen molar-refractivity contribution in [2.24, 2.45) is 0 Å². The van der Waals surface area contributed by atoms with Crippen molar-refractivity contribution in [2.45, 2.75) is 0 Å². The Kier molecular flexibility index (Phi) is 2.00. The molecule has 0 amide bonds. The number of hydrogen-bond acceptors (Lipinski definition) is 2. The van der Waals surface area contributed by atoms with Crippen LogP contribution in [0.3, 0.4) is 0 Å². The van der Waals surface area contributed by atoms with Gasteiger partial charge in [-0.25, -0.2) is 0 Å². The maximum Gasteiger partial charge on any atom is 0.277 e. The second-order valence-electron chi connectivity index (χ2n) is 2.03. The Hall–Kier alpha value is -0.640. The van der Waals surface area contributed by atoms with Crippen molar-refractivity contribution in [3.05, 3.63) is 0 Å². The number of nitrogens with zero attached hydrogens (tertiary/aromatic N) is 1. The van der Waals surface area contributed by atoms with E-state index in [0.29, 0.717) is 13.1 Å². The summed E-state index contributed by atoms with van der Waals surface area (Å²) in [6, 6.07) is 0. The van der Waals surface area contributed by atoms with E-state index in [4.69, 9.17) is 5.41 Å². The molecule has 1 heterocycles. The molecule has 1 rings (SSSR count). The van der Waals surface area contributed by atoms with Crippen LogP contribution < -0.4 is 5.32 Å². The zero-order chi connectivity index (χ0) is 6.69. The molecule has 1 saturated heterocycles. The monoisotopic (exact) mass is 131 g/mol. The van der Waals surface area contributed by atoms with Gasteiger partial charge >= 0.3 is 0 Å². The van der Waals surface area contributed by atoms with Gasteiger partial charge in [-0.05, 0) is 0 Å². The molecule has 0 aromatic heterocycles. The minimum absolute atomic E-state index is 0.620. The molecule has 2 N–H and O–H groups in total. The van der Waals surface area contributed by atoms with Gasteiger partial charge in [0.15, 0.2) is 0 Å². The molecule has 1 aliphatic heterocycles. The summed E-state index contributed by atoms with van der Waals surface area (Å²) in [4.78, 5) is 1.41. The van der Waals surface area contributed by atoms with E-state index in [-0.39, 0.29) is 0 Å². The number of rotatable bonds is 0. The third-order valence-electron chi connectivity index (χ3n) is 1.39. The van der Waals surface area contributed by atoms with Crippen molar-refractivity contribution < 1.29 is 4.39 Å². The van der Waals surface area contributed by atoms with E-state index in [1.54, 1.807) is 0 Å². The summed E-state index contributed by atoms with van der Waals surface area (Å²) in [7, 11) is 0. The number of amidine groups is 1. The molecule has 0 aromatic carbocycles. The number of nitrogens with one attached hydrogen (secondary N) is 2. The topological polar surface area (TPSA) is 39.1 Å². The first-order valence-corrected chi connectivity index (χ1v) is 3.00. The van der Waals surface area contributed by atoms with Crippen LogP contribution in [0.25, 0.3) is 0 Å². The van der Waals surface area contributed by atoms with Gasteiger partial charge in [0.2, 0.25) is 0 Å². The highest BCUT2D eigenvalue weighted by Crippen LogP contribution is 1.92. The fraction of sp³-hybridized carbons (Fsp3) is 0.800. The first-order valence-electron chi connectivity index (χ1n) is 3.00. The Morgan fingerprint density at radius 3 is 2.33 bits per heavy atom. The van der Waals surface area contributed by atoms with Gasteiger partial charge in [-0.2, -0.15) is 4.39 Å². The van der Waals surface area contributed by atoms with E-state index in [9.17, 15) is 4.39 Å². The number of hydrogen-bond donors (Lipinski definition) is 2. The van der Waals surface area contributed by atoms with Crippen LogP contribution in [0.15, 0.2) is 0 Å². The van der Waals surface area contributed by atoms with Crippen molar-refractivity contribution in [3.63, 3.8) is 0 Å². The smallest absolute Gasteiger partial charge is 0.277 e. The van der Waals surface area contributed by atoms with Crippen LogP contribution in [0.5, 0.6) is 0 Å². The molecule has 3 nitrogen and oxygen atoms in total. The summed E-state index contributed by atoms with van der Waals surface area (Å²) in [5, 5.41) is 9.68. The second-order valence-corrected chi connectivity index (χ2v) is 2.03. The van der Waals surface area contributed by atoms with Crippen molar-refractivity contribution in [3.8, 4) is 0 Å². The zero-order valence-corrected chi connectivity index (χ0v) is 5.15. The van der Waals surface area contributed by atoms with E-state index in [1.807, 2.05) is 0 Å². The van der Waals surface area contributed by atoms with Crippen molar-refractivity contribution in [1.29, 1.82) is 5.41 Å². The second kappa shape index (κ2) is 2.77. The highest BCUT2D eigenvalue weighted by atomic mass is 19.1. The molecule has 0 atom stereocenters. The van der Waals surface area contributed by atoms with Gasteiger partial charge in [0, 0.05) is 26.2 Å². The van der Waals surface area contributed by atoms with Gasteiger partial charge < -0.3 is 10.2 Å². The third-order valence-corrected chi connectivity index (χ3v) is 1.39. The lowest BCUT2D eigenvalue weighted by molar-refractivity contribution is 0.326. The average molecular weight is 131 g/mol. The van der Waals surface area contributed by atoms with Gasteiger partial charge in [0.05, 0.1) is 0 Å². The van der Waals surface area contributed by atoms with Gasteiger partial charge in [0.25, 0.3) is 6.09 Å². The first-order chi connectivity index (χ1) is 4.30. The van der Waals surface area contributed by atoms with Crippen LogP contribution in [0.4, 0.5) is 4.39 Å². The summed E-state index contributed by atoms with van der Waals surface area (Å²) < 4.78 is 12.1. The molecule has 0 aromatic rings. The largest absolute Gasteiger partial charge is 0.331 e. The van der Waals surface area contributed by atoms with Gasteiger partial charge in [0.1, 0.15) is 0 Å². The first kappa shape index (κ1) is 6.48. The summed E-state index contributed by atoms with van der Waals surface area (Å²) in [5.41, 5.74) is 0. The summed E-state index contributed by atoms with van der Waals surface area (Å²) in [6.45, 7) is 2.81. The molecule has 9 heavy (non-hydrogen) atoms. The van der Waals surface area contributed by atoms with Crippen LogP contribution in [0.2, 0.25) is 0 Å². The van der Waals surface area contributed by atoms with E-state index in [2.05, 4.69) is 5.32 Å². The molecule has 0 aliphatic carbocycles. The minimum Gasteiger partial charge on any atom is -0.331 e. The van der Waals surface area contributed by atoms with Crippen LogP contribution in [0, 0.1) is 5.41 Å². The predicted molar refractivity (Wildman–Crippen MR) is 33.3 cm³/mol. The zero-order valence-electron chi connectivity index (χ0n) is 5.15. The van der Waals surface area contributed by atoms with Crippen LogP contribution in [0.1, 0.15) is 0 Å². The predicted octanol–water partition coefficient (Wildman–Crippen LogP) is -0.204. The lowest BCUT2D eigenvalue weighted by Gasteiger charge is -2.25. The standard InChI is InChI=1S/C5H10FN3/c6-5(7)9-3-1-8-2-4-9/h7-8H,1-4H2. The normalized spacial score (nSPS) is 19.9. The molecular formula is C5H10FN3. The minimum atomic E-state index is -0.809. The van der Waals surface area contributed by atoms with Crippen LogP contribution in [-0.4, -0.2) is 37.2 Å². The molecule has 52 valence electrons. The number of piperazine rings is 1. The van der Waals surface area contributed by atoms with Gasteiger partial charge in [-0.3, -0.25) is 5.41 Å². The quantitative estimate of drug-likeness (QED) is 0.271. The molecule has 0 saturated carbocycles. The fourth-order valence-corrected chi connectivity index (χ4v) is 0.861. The molecule has 4 heteroatoms. The molecular weight excluding hydrogens is 121 g/mol. The van der Waals surface area contributed by atoms with E-state index in [1.165, 1.54) is 4.90 Å². The molecule has 1 fully saturated rings. The lowest BCUT2D eigenvalue weighted by Crippen LogP contribution is -2.44. The van der Waals surface area contributed by atoms with Crippen LogP contribution >= 0.6 is 0 Å². The summed E-state index contributed by atoms with van der Waals surface area (Å²) >= 11 is 0. The average Bonchev–Trinajstić information content (AvgIpc) is 1.90. The summed E-state index contributed by atoms with van der Waals surface area (Å²) in [5.74, 6) is 0. The molecule has 0 spiro atoms. The molecule has 0 unspecified atom stereocenters. The SMILES string of the molecule is N=C(F)N1CCNCC1. The maximum atomic E-state index is 12.1. The van der Waals surface area contributed by atoms with E-state index < -0.39 is 6.09 Å². The lowest BCUT2D eigenvalue weighted by atomic mass is 10.4. The Morgan fingerprint density at radius 2 is 2.00 bits per heavy atom. The van der Waals surface area contributed by atoms with Crippen molar-refractivity contribution in [2.75, 3.05) is 26.2 Å². The van der Waals surface area contributed by atoms with Gasteiger partial charge in [-0.1, -0.05) is 0 Å². The maximum absolute atomic E-state index is 12.1. The Balaban J connectivity index is 2.31. The van der Waals surface area contributed by atoms with Crippen LogP contribution in [-0.2, 0) is 0 Å². The van der Waals surface area contributed by atoms with E-state index >= 15 is 0 Å². The van der Waals surface area contributed by atoms with Crippen molar-refractivity contribution in [1.82, 2.24) is 10.2 Å². The highest BCUT2D eigenvalue weighted by Gasteiger charge is 2.10. The fourth-order valence-electron chi connectivity index (χ4n) is 0.861. The Labute approximate surface area is 53.4 Å². The molecule has 0 bridgehead atoms. The van der Waals surface area contributed by atoms with Crippen molar-refractivity contribution >= 4 is 6.09 Å². The molecule has 1 aliphatic rings. The summed E-state index contributed by atoms with van der Waals surface area (Å²) in [6.07, 6.45) is -0.809. The highest BCUT2D eigenvalue weighted by molar-refractivity contribution is 5.68.